The van der Waals surface area contributed by atoms with Gasteiger partial charge in [-0.25, -0.2) is 0 Å². The van der Waals surface area contributed by atoms with E-state index in [2.05, 4.69) is 57.3 Å². The van der Waals surface area contributed by atoms with E-state index < -0.39 is 0 Å². The zero-order chi connectivity index (χ0) is 13.4. The summed E-state index contributed by atoms with van der Waals surface area (Å²) in [6.07, 6.45) is 3.23. The third-order valence-electron chi connectivity index (χ3n) is 3.37. The van der Waals surface area contributed by atoms with Crippen LogP contribution in [0.4, 0.5) is 0 Å². The fourth-order valence-corrected chi connectivity index (χ4v) is 1.84. The molecule has 0 amide bonds. The van der Waals surface area contributed by atoms with Crippen LogP contribution in [0.15, 0.2) is 24.3 Å². The van der Waals surface area contributed by atoms with Crippen molar-refractivity contribution in [2.24, 2.45) is 0 Å². The molecule has 1 aromatic rings. The second kappa shape index (κ2) is 7.42. The Morgan fingerprint density at radius 1 is 1.11 bits per heavy atom. The van der Waals surface area contributed by atoms with E-state index in [0.29, 0.717) is 0 Å². The maximum absolute atomic E-state index is 6.13. The van der Waals surface area contributed by atoms with Crippen LogP contribution in [0.3, 0.4) is 0 Å². The van der Waals surface area contributed by atoms with Crippen LogP contribution < -0.4 is 10.1 Å². The third-order valence-corrected chi connectivity index (χ3v) is 3.37. The summed E-state index contributed by atoms with van der Waals surface area (Å²) < 4.78 is 6.13. The van der Waals surface area contributed by atoms with Gasteiger partial charge in [-0.2, -0.15) is 0 Å². The first-order chi connectivity index (χ1) is 8.63. The minimum atomic E-state index is -0.122. The van der Waals surface area contributed by atoms with E-state index in [0.717, 1.165) is 38.1 Å². The molecular formula is C16H27NO. The van der Waals surface area contributed by atoms with Crippen LogP contribution in [0.2, 0.25) is 0 Å². The Balaban J connectivity index is 2.59. The van der Waals surface area contributed by atoms with Crippen molar-refractivity contribution in [3.63, 3.8) is 0 Å². The first kappa shape index (κ1) is 15.0. The van der Waals surface area contributed by atoms with Gasteiger partial charge in [-0.05, 0) is 50.4 Å². The summed E-state index contributed by atoms with van der Waals surface area (Å²) in [6.45, 7) is 10.6. The quantitative estimate of drug-likeness (QED) is 0.708. The maximum Gasteiger partial charge on any atom is 0.120 e. The van der Waals surface area contributed by atoms with Gasteiger partial charge in [0.1, 0.15) is 11.4 Å². The van der Waals surface area contributed by atoms with E-state index >= 15 is 0 Å². The van der Waals surface area contributed by atoms with Gasteiger partial charge >= 0.3 is 0 Å². The number of benzene rings is 1. The minimum Gasteiger partial charge on any atom is -0.486 e. The zero-order valence-corrected chi connectivity index (χ0v) is 12.3. The average Bonchev–Trinajstić information content (AvgIpc) is 2.40. The molecule has 2 heteroatoms. The van der Waals surface area contributed by atoms with Crippen molar-refractivity contribution in [2.75, 3.05) is 13.1 Å². The predicted molar refractivity (Wildman–Crippen MR) is 78.3 cm³/mol. The number of hydrogen-bond donors (Lipinski definition) is 1. The monoisotopic (exact) mass is 249 g/mol. The first-order valence-electron chi connectivity index (χ1n) is 7.12. The van der Waals surface area contributed by atoms with Gasteiger partial charge in [0.25, 0.3) is 0 Å². The van der Waals surface area contributed by atoms with E-state index in [9.17, 15) is 0 Å². The Morgan fingerprint density at radius 3 is 2.28 bits per heavy atom. The maximum atomic E-state index is 6.13. The normalized spacial score (nSPS) is 14.2. The Hall–Kier alpha value is -1.02. The average molecular weight is 249 g/mol. The highest BCUT2D eigenvalue weighted by molar-refractivity contribution is 5.27. The molecule has 102 valence electrons. The molecule has 1 rings (SSSR count). The molecule has 0 saturated heterocycles. The van der Waals surface area contributed by atoms with Gasteiger partial charge in [0, 0.05) is 6.54 Å². The van der Waals surface area contributed by atoms with Crippen LogP contribution >= 0.6 is 0 Å². The lowest BCUT2D eigenvalue weighted by atomic mass is 10.0. The van der Waals surface area contributed by atoms with Crippen molar-refractivity contribution in [1.82, 2.24) is 5.32 Å². The Morgan fingerprint density at radius 2 is 1.78 bits per heavy atom. The van der Waals surface area contributed by atoms with Crippen molar-refractivity contribution in [3.05, 3.63) is 29.8 Å². The van der Waals surface area contributed by atoms with Gasteiger partial charge < -0.3 is 10.1 Å². The van der Waals surface area contributed by atoms with Gasteiger partial charge in [0.15, 0.2) is 0 Å². The lowest BCUT2D eigenvalue weighted by Crippen LogP contribution is -2.42. The second-order valence-corrected chi connectivity index (χ2v) is 5.08. The molecule has 0 heterocycles. The summed E-state index contributed by atoms with van der Waals surface area (Å²) in [7, 11) is 0. The fourth-order valence-electron chi connectivity index (χ4n) is 1.84. The summed E-state index contributed by atoms with van der Waals surface area (Å²) in [6, 6.07) is 8.44. The smallest absolute Gasteiger partial charge is 0.120 e. The van der Waals surface area contributed by atoms with Crippen molar-refractivity contribution < 1.29 is 4.74 Å². The van der Waals surface area contributed by atoms with Gasteiger partial charge in [-0.15, -0.1) is 0 Å². The lowest BCUT2D eigenvalue weighted by molar-refractivity contribution is 0.0837. The summed E-state index contributed by atoms with van der Waals surface area (Å²) in [5, 5.41) is 3.44. The Bertz CT molecular complexity index is 333. The van der Waals surface area contributed by atoms with Gasteiger partial charge in [-0.3, -0.25) is 0 Å². The standard InChI is InChI=1S/C16H27NO/c1-5-12-17-13-16(4,7-3)18-15-10-8-14(6-2)9-11-15/h8-11,17H,5-7,12-13H2,1-4H3. The van der Waals surface area contributed by atoms with Crippen LogP contribution in [-0.4, -0.2) is 18.7 Å². The van der Waals surface area contributed by atoms with Crippen molar-refractivity contribution in [2.45, 2.75) is 52.6 Å². The van der Waals surface area contributed by atoms with Crippen molar-refractivity contribution >= 4 is 0 Å². The lowest BCUT2D eigenvalue weighted by Gasteiger charge is -2.30. The molecular weight excluding hydrogens is 222 g/mol. The molecule has 0 aliphatic rings. The summed E-state index contributed by atoms with van der Waals surface area (Å²) in [5.74, 6) is 0.967. The number of hydrogen-bond acceptors (Lipinski definition) is 2. The number of aryl methyl sites for hydroxylation is 1. The summed E-state index contributed by atoms with van der Waals surface area (Å²) in [4.78, 5) is 0. The molecule has 1 aromatic carbocycles. The summed E-state index contributed by atoms with van der Waals surface area (Å²) >= 11 is 0. The fraction of sp³-hybridized carbons (Fsp3) is 0.625. The van der Waals surface area contributed by atoms with Crippen LogP contribution in [0, 0.1) is 0 Å². The van der Waals surface area contributed by atoms with E-state index in [1.54, 1.807) is 0 Å². The zero-order valence-electron chi connectivity index (χ0n) is 12.3. The molecule has 0 aliphatic carbocycles. The SMILES string of the molecule is CCCNCC(C)(CC)Oc1ccc(CC)cc1. The largest absolute Gasteiger partial charge is 0.486 e. The van der Waals surface area contributed by atoms with Crippen molar-refractivity contribution in [1.29, 1.82) is 0 Å². The molecule has 0 bridgehead atoms. The topological polar surface area (TPSA) is 21.3 Å². The van der Waals surface area contributed by atoms with Crippen LogP contribution in [-0.2, 0) is 6.42 Å². The first-order valence-corrected chi connectivity index (χ1v) is 7.12. The van der Waals surface area contributed by atoms with Crippen LogP contribution in [0.25, 0.3) is 0 Å². The Labute approximate surface area is 112 Å². The van der Waals surface area contributed by atoms with E-state index in [4.69, 9.17) is 4.74 Å². The highest BCUT2D eigenvalue weighted by atomic mass is 16.5. The molecule has 0 spiro atoms. The van der Waals surface area contributed by atoms with Crippen molar-refractivity contribution in [3.8, 4) is 5.75 Å². The molecule has 0 aromatic heterocycles. The number of rotatable bonds is 8. The van der Waals surface area contributed by atoms with Crippen LogP contribution in [0.1, 0.15) is 46.1 Å². The second-order valence-electron chi connectivity index (χ2n) is 5.08. The number of nitrogens with one attached hydrogen (secondary N) is 1. The van der Waals surface area contributed by atoms with Gasteiger partial charge in [0.2, 0.25) is 0 Å². The van der Waals surface area contributed by atoms with E-state index in [-0.39, 0.29) is 5.60 Å². The molecule has 0 fully saturated rings. The van der Waals surface area contributed by atoms with E-state index in [1.165, 1.54) is 5.56 Å². The van der Waals surface area contributed by atoms with Gasteiger partial charge in [0.05, 0.1) is 0 Å². The Kier molecular flexibility index (Phi) is 6.20. The third kappa shape index (κ3) is 4.69. The molecule has 0 radical (unpaired) electrons. The molecule has 18 heavy (non-hydrogen) atoms. The molecule has 2 nitrogen and oxygen atoms in total. The molecule has 1 N–H and O–H groups in total. The summed E-state index contributed by atoms with van der Waals surface area (Å²) in [5.41, 5.74) is 1.23. The molecule has 0 saturated carbocycles. The van der Waals surface area contributed by atoms with Gasteiger partial charge in [-0.1, -0.05) is 32.9 Å². The predicted octanol–water partition coefficient (Wildman–Crippen LogP) is 3.80. The molecule has 0 aliphatic heterocycles. The van der Waals surface area contributed by atoms with Crippen LogP contribution in [0.5, 0.6) is 5.75 Å². The highest BCUT2D eigenvalue weighted by Gasteiger charge is 2.23. The molecule has 1 unspecified atom stereocenters. The highest BCUT2D eigenvalue weighted by Crippen LogP contribution is 2.21. The molecule has 1 atom stereocenters. The number of ether oxygens (including phenoxy) is 1. The minimum absolute atomic E-state index is 0.122. The van der Waals surface area contributed by atoms with E-state index in [1.807, 2.05) is 0 Å².